The van der Waals surface area contributed by atoms with Gasteiger partial charge in [-0.15, -0.1) is 11.8 Å². The van der Waals surface area contributed by atoms with E-state index in [-0.39, 0.29) is 5.56 Å². The van der Waals surface area contributed by atoms with Crippen LogP contribution in [0.2, 0.25) is 0 Å². The first-order chi connectivity index (χ1) is 15.1. The lowest BCUT2D eigenvalue weighted by Gasteiger charge is -2.11. The first-order valence-corrected chi connectivity index (χ1v) is 11.5. The zero-order valence-corrected chi connectivity index (χ0v) is 18.9. The van der Waals surface area contributed by atoms with Gasteiger partial charge in [-0.2, -0.15) is 5.26 Å². The van der Waals surface area contributed by atoms with Crippen molar-refractivity contribution in [2.24, 2.45) is 0 Å². The van der Waals surface area contributed by atoms with Crippen molar-refractivity contribution in [1.82, 2.24) is 18.8 Å². The van der Waals surface area contributed by atoms with Crippen molar-refractivity contribution < 1.29 is 0 Å². The Morgan fingerprint density at radius 3 is 2.81 bits per heavy atom. The van der Waals surface area contributed by atoms with Gasteiger partial charge in [0.2, 0.25) is 0 Å². The van der Waals surface area contributed by atoms with E-state index in [1.54, 1.807) is 24.0 Å². The van der Waals surface area contributed by atoms with Gasteiger partial charge < -0.3 is 0 Å². The van der Waals surface area contributed by atoms with Crippen LogP contribution in [-0.4, -0.2) is 18.8 Å². The summed E-state index contributed by atoms with van der Waals surface area (Å²) in [7, 11) is 0. The van der Waals surface area contributed by atoms with Crippen LogP contribution >= 0.6 is 27.7 Å². The molecule has 4 heterocycles. The lowest BCUT2D eigenvalue weighted by molar-refractivity contribution is 0.992. The van der Waals surface area contributed by atoms with Gasteiger partial charge in [0.15, 0.2) is 5.65 Å². The van der Waals surface area contributed by atoms with Gasteiger partial charge in [-0.05, 0) is 58.2 Å². The molecule has 0 atom stereocenters. The first-order valence-electron chi connectivity index (χ1n) is 9.73. The summed E-state index contributed by atoms with van der Waals surface area (Å²) in [6.45, 7) is 2.04. The summed E-state index contributed by atoms with van der Waals surface area (Å²) < 4.78 is 4.38. The van der Waals surface area contributed by atoms with E-state index in [9.17, 15) is 10.1 Å². The number of para-hydroxylation sites is 2. The standard InChI is InChI=1S/C23H16BrN5OS/c1-2-14-9-22(29-19-6-4-3-5-18(19)27-23(29)17(14)11-25)31-13-16-10-21(30)28-12-15(24)7-8-20(28)26-16/h3-10,12H,2,13H2,1H3. The summed E-state index contributed by atoms with van der Waals surface area (Å²) in [6.07, 6.45) is 2.46. The van der Waals surface area contributed by atoms with Crippen LogP contribution in [0.15, 0.2) is 69.0 Å². The lowest BCUT2D eigenvalue weighted by Crippen LogP contribution is -2.15. The number of nitrogens with zero attached hydrogens (tertiary/aromatic N) is 5. The van der Waals surface area contributed by atoms with Crippen molar-refractivity contribution in [3.05, 3.63) is 86.4 Å². The Morgan fingerprint density at radius 1 is 1.16 bits per heavy atom. The monoisotopic (exact) mass is 489 g/mol. The Labute approximate surface area is 190 Å². The minimum atomic E-state index is -0.116. The maximum absolute atomic E-state index is 12.5. The SMILES string of the molecule is CCc1cc(SCc2cc(=O)n3cc(Br)ccc3n2)n2c(nc3ccccc32)c1C#N. The van der Waals surface area contributed by atoms with Crippen LogP contribution < -0.4 is 5.56 Å². The molecular formula is C23H16BrN5OS. The fourth-order valence-electron chi connectivity index (χ4n) is 3.70. The van der Waals surface area contributed by atoms with Gasteiger partial charge in [-0.25, -0.2) is 9.97 Å². The Balaban J connectivity index is 1.62. The molecule has 0 spiro atoms. The van der Waals surface area contributed by atoms with E-state index in [0.717, 1.165) is 32.5 Å². The quantitative estimate of drug-likeness (QED) is 0.332. The van der Waals surface area contributed by atoms with Crippen LogP contribution in [0.1, 0.15) is 23.7 Å². The molecule has 0 aliphatic rings. The summed E-state index contributed by atoms with van der Waals surface area (Å²) in [6, 6.07) is 17.5. The van der Waals surface area contributed by atoms with E-state index in [2.05, 4.69) is 33.0 Å². The number of aryl methyl sites for hydroxylation is 1. The van der Waals surface area contributed by atoms with Crippen LogP contribution in [0.25, 0.3) is 22.3 Å². The minimum Gasteiger partial charge on any atom is -0.286 e. The number of nitriles is 1. The summed E-state index contributed by atoms with van der Waals surface area (Å²) in [5.41, 5.74) is 5.24. The molecule has 31 heavy (non-hydrogen) atoms. The number of rotatable bonds is 4. The van der Waals surface area contributed by atoms with E-state index >= 15 is 0 Å². The summed E-state index contributed by atoms with van der Waals surface area (Å²) in [4.78, 5) is 21.9. The number of imidazole rings is 1. The van der Waals surface area contributed by atoms with E-state index in [1.807, 2.05) is 47.7 Å². The van der Waals surface area contributed by atoms with Gasteiger partial charge in [-0.1, -0.05) is 19.1 Å². The van der Waals surface area contributed by atoms with Crippen molar-refractivity contribution in [3.63, 3.8) is 0 Å². The summed E-state index contributed by atoms with van der Waals surface area (Å²) >= 11 is 4.97. The average molecular weight is 490 g/mol. The number of thioether (sulfide) groups is 1. The van der Waals surface area contributed by atoms with E-state index in [4.69, 9.17) is 4.98 Å². The highest BCUT2D eigenvalue weighted by atomic mass is 79.9. The lowest BCUT2D eigenvalue weighted by atomic mass is 10.1. The zero-order valence-electron chi connectivity index (χ0n) is 16.5. The summed E-state index contributed by atoms with van der Waals surface area (Å²) in [5, 5.41) is 10.7. The molecule has 6 nitrogen and oxygen atoms in total. The second-order valence-electron chi connectivity index (χ2n) is 7.06. The fourth-order valence-corrected chi connectivity index (χ4v) is 5.02. The molecule has 152 valence electrons. The Bertz CT molecular complexity index is 1580. The molecule has 5 aromatic rings. The third-order valence-electron chi connectivity index (χ3n) is 5.16. The highest BCUT2D eigenvalue weighted by Crippen LogP contribution is 2.31. The molecule has 4 aromatic heterocycles. The third kappa shape index (κ3) is 3.40. The largest absolute Gasteiger partial charge is 0.286 e. The molecule has 0 saturated carbocycles. The van der Waals surface area contributed by atoms with Crippen LogP contribution in [0.3, 0.4) is 0 Å². The van der Waals surface area contributed by atoms with Gasteiger partial charge in [0.25, 0.3) is 5.56 Å². The first kappa shape index (κ1) is 19.8. The topological polar surface area (TPSA) is 75.5 Å². The van der Waals surface area contributed by atoms with Crippen LogP contribution in [0.5, 0.6) is 0 Å². The van der Waals surface area contributed by atoms with Crippen LogP contribution in [0, 0.1) is 11.3 Å². The van der Waals surface area contributed by atoms with Gasteiger partial charge >= 0.3 is 0 Å². The molecule has 0 amide bonds. The van der Waals surface area contributed by atoms with Crippen LogP contribution in [-0.2, 0) is 12.2 Å². The smallest absolute Gasteiger partial charge is 0.258 e. The molecule has 5 rings (SSSR count). The van der Waals surface area contributed by atoms with Crippen molar-refractivity contribution in [2.45, 2.75) is 24.1 Å². The predicted octanol–water partition coefficient (Wildman–Crippen LogP) is 4.98. The predicted molar refractivity (Wildman–Crippen MR) is 126 cm³/mol. The molecule has 0 aliphatic carbocycles. The highest BCUT2D eigenvalue weighted by molar-refractivity contribution is 9.10. The number of hydrogen-bond donors (Lipinski definition) is 0. The number of benzene rings is 1. The van der Waals surface area contributed by atoms with Gasteiger partial charge in [0, 0.05) is 22.5 Å². The normalized spacial score (nSPS) is 11.4. The number of halogens is 1. The van der Waals surface area contributed by atoms with Gasteiger partial charge in [-0.3, -0.25) is 13.6 Å². The van der Waals surface area contributed by atoms with Gasteiger partial charge in [0.1, 0.15) is 11.7 Å². The number of aromatic nitrogens is 4. The van der Waals surface area contributed by atoms with Gasteiger partial charge in [0.05, 0.1) is 27.3 Å². The summed E-state index contributed by atoms with van der Waals surface area (Å²) in [5.74, 6) is 0.526. The molecule has 0 unspecified atom stereocenters. The number of pyridine rings is 2. The van der Waals surface area contributed by atoms with E-state index in [1.165, 1.54) is 4.40 Å². The molecule has 1 aromatic carbocycles. The maximum atomic E-state index is 12.5. The number of hydrogen-bond acceptors (Lipinski definition) is 5. The Morgan fingerprint density at radius 2 is 2.00 bits per heavy atom. The Kier molecular flexibility index (Phi) is 5.00. The second kappa shape index (κ2) is 7.84. The molecule has 0 aliphatic heterocycles. The molecule has 0 radical (unpaired) electrons. The Hall–Kier alpha value is -3.15. The van der Waals surface area contributed by atoms with Crippen molar-refractivity contribution in [1.29, 1.82) is 5.26 Å². The average Bonchev–Trinajstić information content (AvgIpc) is 3.17. The van der Waals surface area contributed by atoms with Crippen molar-refractivity contribution >= 4 is 50.0 Å². The third-order valence-corrected chi connectivity index (χ3v) is 6.67. The fraction of sp³-hybridized carbons (Fsp3) is 0.130. The molecule has 0 saturated heterocycles. The minimum absolute atomic E-state index is 0.116. The van der Waals surface area contributed by atoms with Crippen molar-refractivity contribution in [3.8, 4) is 6.07 Å². The van der Waals surface area contributed by atoms with Crippen molar-refractivity contribution in [2.75, 3.05) is 0 Å². The van der Waals surface area contributed by atoms with Crippen LogP contribution in [0.4, 0.5) is 0 Å². The van der Waals surface area contributed by atoms with E-state index in [0.29, 0.717) is 28.3 Å². The second-order valence-corrected chi connectivity index (χ2v) is 8.97. The molecule has 0 N–H and O–H groups in total. The number of fused-ring (bicyclic) bond motifs is 4. The molecule has 8 heteroatoms. The van der Waals surface area contributed by atoms with E-state index < -0.39 is 0 Å². The molecule has 0 bridgehead atoms. The zero-order chi connectivity index (χ0) is 21.5. The molecule has 0 fully saturated rings. The maximum Gasteiger partial charge on any atom is 0.258 e. The molecular weight excluding hydrogens is 474 g/mol. The highest BCUT2D eigenvalue weighted by Gasteiger charge is 2.17.